The minimum atomic E-state index is -2.56. The van der Waals surface area contributed by atoms with Gasteiger partial charge in [-0.3, -0.25) is 9.69 Å². The Kier molecular flexibility index (Phi) is 6.88. The van der Waals surface area contributed by atoms with E-state index in [4.69, 9.17) is 9.26 Å². The van der Waals surface area contributed by atoms with Crippen LogP contribution in [-0.4, -0.2) is 60.0 Å². The molecule has 186 valence electrons. The molecule has 5 rings (SSSR count). The molecule has 2 aromatic rings. The molecular formula is C24H32F2N4O3S. The van der Waals surface area contributed by atoms with E-state index in [0.717, 1.165) is 49.7 Å². The Balaban J connectivity index is 1.01. The number of thiazole rings is 1. The maximum atomic E-state index is 13.2. The zero-order valence-corrected chi connectivity index (χ0v) is 20.4. The second kappa shape index (κ2) is 9.89. The number of hydrogen-bond acceptors (Lipinski definition) is 8. The minimum absolute atomic E-state index is 0.202. The maximum Gasteiger partial charge on any atom is 0.282 e. The van der Waals surface area contributed by atoms with E-state index in [-0.39, 0.29) is 25.3 Å². The summed E-state index contributed by atoms with van der Waals surface area (Å²) in [4.78, 5) is 22.5. The first kappa shape index (κ1) is 23.7. The van der Waals surface area contributed by atoms with Crippen LogP contribution in [0.3, 0.4) is 0 Å². The topological polar surface area (TPSA) is 71.7 Å². The Labute approximate surface area is 202 Å². The molecule has 1 aliphatic carbocycles. The maximum absolute atomic E-state index is 13.2. The van der Waals surface area contributed by atoms with Gasteiger partial charge in [-0.05, 0) is 49.2 Å². The SMILES string of the molecule is COc1cc(CC(=O)CC2CCC(CCN3CCc4sc(N5CC(F)(F)C5)nc4C3)CC2)on1. The number of ketones is 1. The van der Waals surface area contributed by atoms with Crippen molar-refractivity contribution in [3.63, 3.8) is 0 Å². The smallest absolute Gasteiger partial charge is 0.282 e. The van der Waals surface area contributed by atoms with Crippen LogP contribution in [0.1, 0.15) is 54.9 Å². The quantitative estimate of drug-likeness (QED) is 0.513. The van der Waals surface area contributed by atoms with Gasteiger partial charge in [0.1, 0.15) is 11.5 Å². The van der Waals surface area contributed by atoms with Crippen LogP contribution in [0.4, 0.5) is 13.9 Å². The number of ether oxygens (including phenoxy) is 1. The number of fused-ring (bicyclic) bond motifs is 1. The van der Waals surface area contributed by atoms with Crippen LogP contribution in [0.5, 0.6) is 5.88 Å². The molecule has 2 fully saturated rings. The van der Waals surface area contributed by atoms with Gasteiger partial charge in [0.15, 0.2) is 5.13 Å². The van der Waals surface area contributed by atoms with Gasteiger partial charge in [0.25, 0.3) is 11.8 Å². The van der Waals surface area contributed by atoms with E-state index in [1.807, 2.05) is 0 Å². The molecular weight excluding hydrogens is 462 g/mol. The third-order valence-electron chi connectivity index (χ3n) is 7.36. The van der Waals surface area contributed by atoms with Gasteiger partial charge < -0.3 is 14.2 Å². The molecule has 0 N–H and O–H groups in total. The second-order valence-corrected chi connectivity index (χ2v) is 11.1. The van der Waals surface area contributed by atoms with Crippen LogP contribution in [0.15, 0.2) is 10.6 Å². The first-order valence-electron chi connectivity index (χ1n) is 12.2. The number of carbonyl (C=O) groups excluding carboxylic acids is 1. The summed E-state index contributed by atoms with van der Waals surface area (Å²) in [5.74, 6) is -0.209. The molecule has 34 heavy (non-hydrogen) atoms. The number of Topliss-reactive ketones (excluding diaryl/α,β-unsaturated/α-hetero) is 1. The first-order valence-corrected chi connectivity index (χ1v) is 13.0. The normalized spacial score (nSPS) is 24.5. The molecule has 2 aliphatic heterocycles. The predicted octanol–water partition coefficient (Wildman–Crippen LogP) is 4.35. The van der Waals surface area contributed by atoms with Gasteiger partial charge in [-0.25, -0.2) is 13.8 Å². The van der Waals surface area contributed by atoms with Crippen molar-refractivity contribution in [2.75, 3.05) is 38.2 Å². The Morgan fingerprint density at radius 2 is 2.03 bits per heavy atom. The second-order valence-electron chi connectivity index (χ2n) is 10.0. The summed E-state index contributed by atoms with van der Waals surface area (Å²) in [7, 11) is 1.53. The highest BCUT2D eigenvalue weighted by Crippen LogP contribution is 2.38. The number of alkyl halides is 2. The number of halogens is 2. The lowest BCUT2D eigenvalue weighted by molar-refractivity contribution is -0.119. The number of aromatic nitrogens is 2. The van der Waals surface area contributed by atoms with Gasteiger partial charge in [-0.15, -0.1) is 11.3 Å². The van der Waals surface area contributed by atoms with Gasteiger partial charge in [0, 0.05) is 30.5 Å². The van der Waals surface area contributed by atoms with Gasteiger partial charge >= 0.3 is 0 Å². The fourth-order valence-corrected chi connectivity index (χ4v) is 6.42. The third-order valence-corrected chi connectivity index (χ3v) is 8.58. The Bertz CT molecular complexity index is 994. The molecule has 3 aliphatic rings. The highest BCUT2D eigenvalue weighted by atomic mass is 32.1. The highest BCUT2D eigenvalue weighted by molar-refractivity contribution is 7.15. The van der Waals surface area contributed by atoms with E-state index in [1.54, 1.807) is 22.3 Å². The van der Waals surface area contributed by atoms with Crippen LogP contribution in [0.2, 0.25) is 0 Å². The zero-order chi connectivity index (χ0) is 23.7. The van der Waals surface area contributed by atoms with Crippen LogP contribution in [0, 0.1) is 11.8 Å². The summed E-state index contributed by atoms with van der Waals surface area (Å²) in [6.45, 7) is 2.49. The van der Waals surface area contributed by atoms with E-state index in [1.165, 1.54) is 31.2 Å². The molecule has 0 atom stereocenters. The Hall–Kier alpha value is -2.07. The molecule has 1 saturated heterocycles. The van der Waals surface area contributed by atoms with Crippen LogP contribution < -0.4 is 9.64 Å². The lowest BCUT2D eigenvalue weighted by atomic mass is 9.78. The van der Waals surface area contributed by atoms with E-state index < -0.39 is 5.92 Å². The molecule has 0 radical (unpaired) electrons. The molecule has 0 bridgehead atoms. The van der Waals surface area contributed by atoms with E-state index in [2.05, 4.69) is 15.0 Å². The standard InChI is InChI=1S/C24H32F2N4O3S/c1-32-22-12-19(33-28-22)11-18(31)10-17-4-2-16(3-5-17)6-8-29-9-7-21-20(13-29)27-23(34-21)30-14-24(25,26)15-30/h12,16-17H,2-11,13-15H2,1H3. The fraction of sp³-hybridized carbons (Fsp3) is 0.708. The number of anilines is 1. The molecule has 4 heterocycles. The summed E-state index contributed by atoms with van der Waals surface area (Å²) in [6.07, 6.45) is 7.60. The van der Waals surface area contributed by atoms with Gasteiger partial charge in [-0.1, -0.05) is 12.8 Å². The van der Waals surface area contributed by atoms with Gasteiger partial charge in [0.2, 0.25) is 0 Å². The lowest BCUT2D eigenvalue weighted by Crippen LogP contribution is -2.56. The largest absolute Gasteiger partial charge is 0.479 e. The summed E-state index contributed by atoms with van der Waals surface area (Å²) < 4.78 is 36.5. The van der Waals surface area contributed by atoms with Crippen LogP contribution in [-0.2, 0) is 24.2 Å². The molecule has 0 unspecified atom stereocenters. The van der Waals surface area contributed by atoms with Crippen molar-refractivity contribution in [2.45, 2.75) is 63.8 Å². The molecule has 0 aromatic carbocycles. The van der Waals surface area contributed by atoms with Crippen molar-refractivity contribution in [1.82, 2.24) is 15.0 Å². The average Bonchev–Trinajstić information content (AvgIpc) is 3.43. The molecule has 1 saturated carbocycles. The van der Waals surface area contributed by atoms with Crippen molar-refractivity contribution in [2.24, 2.45) is 11.8 Å². The molecule has 0 spiro atoms. The number of carbonyl (C=O) groups is 1. The molecule has 7 nitrogen and oxygen atoms in total. The summed E-state index contributed by atoms with van der Waals surface area (Å²) in [5.41, 5.74) is 1.08. The van der Waals surface area contributed by atoms with Crippen molar-refractivity contribution in [3.8, 4) is 5.88 Å². The Morgan fingerprint density at radius 1 is 1.26 bits per heavy atom. The van der Waals surface area contributed by atoms with Crippen molar-refractivity contribution < 1.29 is 22.8 Å². The van der Waals surface area contributed by atoms with Crippen molar-refractivity contribution in [3.05, 3.63) is 22.4 Å². The summed E-state index contributed by atoms with van der Waals surface area (Å²) in [6, 6.07) is 1.67. The Morgan fingerprint density at radius 3 is 2.74 bits per heavy atom. The molecule has 10 heteroatoms. The van der Waals surface area contributed by atoms with Crippen LogP contribution in [0.25, 0.3) is 0 Å². The number of methoxy groups -OCH3 is 1. The molecule has 0 amide bonds. The first-order chi connectivity index (χ1) is 16.4. The number of hydrogen-bond donors (Lipinski definition) is 0. The molecule has 2 aromatic heterocycles. The van der Waals surface area contributed by atoms with E-state index in [9.17, 15) is 13.6 Å². The minimum Gasteiger partial charge on any atom is -0.479 e. The zero-order valence-electron chi connectivity index (χ0n) is 19.6. The van der Waals surface area contributed by atoms with Gasteiger partial charge in [0.05, 0.1) is 32.3 Å². The monoisotopic (exact) mass is 494 g/mol. The number of nitrogens with zero attached hydrogens (tertiary/aromatic N) is 4. The number of rotatable bonds is 9. The third kappa shape index (κ3) is 5.59. The summed E-state index contributed by atoms with van der Waals surface area (Å²) in [5, 5.41) is 4.51. The van der Waals surface area contributed by atoms with Crippen molar-refractivity contribution in [1.29, 1.82) is 0 Å². The fourth-order valence-electron chi connectivity index (χ4n) is 5.36. The van der Waals surface area contributed by atoms with Gasteiger partial charge in [-0.2, -0.15) is 0 Å². The predicted molar refractivity (Wildman–Crippen MR) is 125 cm³/mol. The van der Waals surface area contributed by atoms with E-state index in [0.29, 0.717) is 29.9 Å². The van der Waals surface area contributed by atoms with Crippen molar-refractivity contribution >= 4 is 22.3 Å². The van der Waals surface area contributed by atoms with Crippen LogP contribution >= 0.6 is 11.3 Å². The lowest BCUT2D eigenvalue weighted by Gasteiger charge is -2.38. The highest BCUT2D eigenvalue weighted by Gasteiger charge is 2.45. The average molecular weight is 495 g/mol. The van der Waals surface area contributed by atoms with E-state index >= 15 is 0 Å². The summed E-state index contributed by atoms with van der Waals surface area (Å²) >= 11 is 1.59.